The van der Waals surface area contributed by atoms with Gasteiger partial charge >= 0.3 is 0 Å². The lowest BCUT2D eigenvalue weighted by molar-refractivity contribution is 0.173. The summed E-state index contributed by atoms with van der Waals surface area (Å²) in [7, 11) is 0. The quantitative estimate of drug-likeness (QED) is 0.751. The maximum absolute atomic E-state index is 9.62. The molecule has 2 heteroatoms. The SMILES string of the molecule is CC[C@@H](O)c1ccc2c(c1)CCO2. The molecule has 0 bridgehead atoms. The highest BCUT2D eigenvalue weighted by Gasteiger charge is 2.14. The Labute approximate surface area is 78.2 Å². The van der Waals surface area contributed by atoms with E-state index in [1.54, 1.807) is 0 Å². The van der Waals surface area contributed by atoms with Crippen molar-refractivity contribution in [2.45, 2.75) is 25.9 Å². The fraction of sp³-hybridized carbons (Fsp3) is 0.455. The van der Waals surface area contributed by atoms with E-state index in [1.807, 2.05) is 19.1 Å². The van der Waals surface area contributed by atoms with Gasteiger partial charge in [0.05, 0.1) is 12.7 Å². The van der Waals surface area contributed by atoms with E-state index in [9.17, 15) is 5.11 Å². The average Bonchev–Trinajstić information content (AvgIpc) is 2.63. The molecule has 1 N–H and O–H groups in total. The fourth-order valence-corrected chi connectivity index (χ4v) is 1.65. The van der Waals surface area contributed by atoms with Gasteiger partial charge in [-0.2, -0.15) is 0 Å². The first-order valence-corrected chi connectivity index (χ1v) is 4.75. The summed E-state index contributed by atoms with van der Waals surface area (Å²) in [5.74, 6) is 0.979. The van der Waals surface area contributed by atoms with Crippen LogP contribution in [0.2, 0.25) is 0 Å². The van der Waals surface area contributed by atoms with Gasteiger partial charge in [0, 0.05) is 6.42 Å². The second-order valence-corrected chi connectivity index (χ2v) is 3.39. The molecule has 1 atom stereocenters. The number of aliphatic hydroxyl groups is 1. The van der Waals surface area contributed by atoms with Crippen molar-refractivity contribution in [3.05, 3.63) is 29.3 Å². The van der Waals surface area contributed by atoms with Crippen LogP contribution in [0, 0.1) is 0 Å². The molecule has 0 amide bonds. The van der Waals surface area contributed by atoms with Crippen molar-refractivity contribution in [3.8, 4) is 5.75 Å². The van der Waals surface area contributed by atoms with Crippen LogP contribution in [-0.2, 0) is 6.42 Å². The normalized spacial score (nSPS) is 16.5. The third-order valence-corrected chi connectivity index (χ3v) is 2.48. The molecule has 0 saturated heterocycles. The zero-order chi connectivity index (χ0) is 9.26. The van der Waals surface area contributed by atoms with E-state index in [-0.39, 0.29) is 6.10 Å². The number of aliphatic hydroxyl groups excluding tert-OH is 1. The first kappa shape index (κ1) is 8.57. The van der Waals surface area contributed by atoms with Gasteiger partial charge in [0.2, 0.25) is 0 Å². The van der Waals surface area contributed by atoms with Crippen molar-refractivity contribution >= 4 is 0 Å². The molecule has 1 aliphatic heterocycles. The number of hydrogen-bond acceptors (Lipinski definition) is 2. The van der Waals surface area contributed by atoms with Crippen LogP contribution < -0.4 is 4.74 Å². The number of fused-ring (bicyclic) bond motifs is 1. The van der Waals surface area contributed by atoms with Crippen molar-refractivity contribution < 1.29 is 9.84 Å². The Hall–Kier alpha value is -1.02. The van der Waals surface area contributed by atoms with Gasteiger partial charge in [-0.05, 0) is 29.7 Å². The Morgan fingerprint density at radius 3 is 3.15 bits per heavy atom. The molecule has 1 aromatic carbocycles. The van der Waals surface area contributed by atoms with Gasteiger partial charge in [-0.3, -0.25) is 0 Å². The predicted octanol–water partition coefficient (Wildman–Crippen LogP) is 2.06. The number of benzene rings is 1. The van der Waals surface area contributed by atoms with E-state index >= 15 is 0 Å². The van der Waals surface area contributed by atoms with E-state index < -0.39 is 0 Å². The zero-order valence-corrected chi connectivity index (χ0v) is 7.79. The molecule has 1 aromatic rings. The molecule has 0 radical (unpaired) electrons. The highest BCUT2D eigenvalue weighted by atomic mass is 16.5. The Balaban J connectivity index is 2.30. The van der Waals surface area contributed by atoms with Crippen molar-refractivity contribution in [3.63, 3.8) is 0 Å². The standard InChI is InChI=1S/C11H14O2/c1-2-10(12)8-3-4-11-9(7-8)5-6-13-11/h3-4,7,10,12H,2,5-6H2,1H3/t10-/m1/s1. The minimum atomic E-state index is -0.328. The summed E-state index contributed by atoms with van der Waals surface area (Å²) in [6.07, 6.45) is 1.41. The van der Waals surface area contributed by atoms with Crippen LogP contribution in [0.4, 0.5) is 0 Å². The number of rotatable bonds is 2. The molecule has 2 rings (SSSR count). The highest BCUT2D eigenvalue weighted by molar-refractivity contribution is 5.40. The minimum absolute atomic E-state index is 0.328. The van der Waals surface area contributed by atoms with E-state index in [0.717, 1.165) is 30.8 Å². The minimum Gasteiger partial charge on any atom is -0.493 e. The first-order valence-electron chi connectivity index (χ1n) is 4.75. The van der Waals surface area contributed by atoms with Gasteiger partial charge < -0.3 is 9.84 Å². The van der Waals surface area contributed by atoms with Gasteiger partial charge in [-0.15, -0.1) is 0 Å². The van der Waals surface area contributed by atoms with Crippen LogP contribution in [0.5, 0.6) is 5.75 Å². The summed E-state index contributed by atoms with van der Waals surface area (Å²) >= 11 is 0. The predicted molar refractivity (Wildman–Crippen MR) is 50.9 cm³/mol. The molecule has 2 nitrogen and oxygen atoms in total. The molecule has 13 heavy (non-hydrogen) atoms. The lowest BCUT2D eigenvalue weighted by Crippen LogP contribution is -1.95. The van der Waals surface area contributed by atoms with Gasteiger partial charge in [0.25, 0.3) is 0 Å². The average molecular weight is 178 g/mol. The van der Waals surface area contributed by atoms with Crippen LogP contribution >= 0.6 is 0 Å². The van der Waals surface area contributed by atoms with Crippen LogP contribution in [0.3, 0.4) is 0 Å². The molecule has 70 valence electrons. The molecule has 0 aliphatic carbocycles. The Morgan fingerprint density at radius 1 is 1.54 bits per heavy atom. The zero-order valence-electron chi connectivity index (χ0n) is 7.79. The summed E-state index contributed by atoms with van der Waals surface area (Å²) in [4.78, 5) is 0. The molecular formula is C11H14O2. The van der Waals surface area contributed by atoms with Gasteiger partial charge in [0.15, 0.2) is 0 Å². The van der Waals surface area contributed by atoms with Gasteiger partial charge in [0.1, 0.15) is 5.75 Å². The third kappa shape index (κ3) is 1.54. The van der Waals surface area contributed by atoms with E-state index in [0.29, 0.717) is 0 Å². The molecule has 0 unspecified atom stereocenters. The molecule has 0 saturated carbocycles. The first-order chi connectivity index (χ1) is 6.31. The fourth-order valence-electron chi connectivity index (χ4n) is 1.65. The maximum Gasteiger partial charge on any atom is 0.122 e. The Kier molecular flexibility index (Phi) is 2.23. The summed E-state index contributed by atoms with van der Waals surface area (Å²) in [6, 6.07) is 5.95. The smallest absolute Gasteiger partial charge is 0.122 e. The second kappa shape index (κ2) is 3.38. The monoisotopic (exact) mass is 178 g/mol. The molecule has 0 spiro atoms. The van der Waals surface area contributed by atoms with Crippen LogP contribution in [-0.4, -0.2) is 11.7 Å². The third-order valence-electron chi connectivity index (χ3n) is 2.48. The number of ether oxygens (including phenoxy) is 1. The Morgan fingerprint density at radius 2 is 2.38 bits per heavy atom. The van der Waals surface area contributed by atoms with Crippen molar-refractivity contribution in [2.24, 2.45) is 0 Å². The lowest BCUT2D eigenvalue weighted by Gasteiger charge is -2.08. The Bertz CT molecular complexity index is 307. The molecule has 1 heterocycles. The van der Waals surface area contributed by atoms with E-state index in [1.165, 1.54) is 5.56 Å². The number of hydrogen-bond donors (Lipinski definition) is 1. The van der Waals surface area contributed by atoms with Crippen molar-refractivity contribution in [1.82, 2.24) is 0 Å². The highest BCUT2D eigenvalue weighted by Crippen LogP contribution is 2.28. The van der Waals surface area contributed by atoms with E-state index in [4.69, 9.17) is 4.74 Å². The maximum atomic E-state index is 9.62. The topological polar surface area (TPSA) is 29.5 Å². The van der Waals surface area contributed by atoms with E-state index in [2.05, 4.69) is 6.07 Å². The van der Waals surface area contributed by atoms with Crippen molar-refractivity contribution in [2.75, 3.05) is 6.61 Å². The summed E-state index contributed by atoms with van der Waals surface area (Å²) in [5, 5.41) is 9.62. The molecule has 0 aromatic heterocycles. The largest absolute Gasteiger partial charge is 0.493 e. The van der Waals surface area contributed by atoms with Gasteiger partial charge in [-0.25, -0.2) is 0 Å². The molecule has 0 fully saturated rings. The lowest BCUT2D eigenvalue weighted by atomic mass is 10.0. The van der Waals surface area contributed by atoms with Crippen molar-refractivity contribution in [1.29, 1.82) is 0 Å². The summed E-state index contributed by atoms with van der Waals surface area (Å²) in [6.45, 7) is 2.76. The van der Waals surface area contributed by atoms with Crippen LogP contribution in [0.1, 0.15) is 30.6 Å². The van der Waals surface area contributed by atoms with Crippen LogP contribution in [0.15, 0.2) is 18.2 Å². The molecule has 1 aliphatic rings. The van der Waals surface area contributed by atoms with Crippen LogP contribution in [0.25, 0.3) is 0 Å². The summed E-state index contributed by atoms with van der Waals surface area (Å²) < 4.78 is 5.39. The molecular weight excluding hydrogens is 164 g/mol. The second-order valence-electron chi connectivity index (χ2n) is 3.39. The summed E-state index contributed by atoms with van der Waals surface area (Å²) in [5.41, 5.74) is 2.23. The van der Waals surface area contributed by atoms with Gasteiger partial charge in [-0.1, -0.05) is 13.0 Å².